The van der Waals surface area contributed by atoms with Gasteiger partial charge in [-0.05, 0) is 44.6 Å². The Morgan fingerprint density at radius 2 is 1.73 bits per heavy atom. The van der Waals surface area contributed by atoms with E-state index in [2.05, 4.69) is 20.1 Å². The zero-order valence-electron chi connectivity index (χ0n) is 15.5. The minimum absolute atomic E-state index is 0.0812. The van der Waals surface area contributed by atoms with Gasteiger partial charge in [-0.1, -0.05) is 6.42 Å². The first-order valence-corrected chi connectivity index (χ1v) is 10.2. The molecule has 2 aliphatic carbocycles. The van der Waals surface area contributed by atoms with E-state index in [-0.39, 0.29) is 11.5 Å². The van der Waals surface area contributed by atoms with E-state index >= 15 is 0 Å². The Kier molecular flexibility index (Phi) is 5.29. The molecular weight excluding hydrogens is 328 g/mol. The van der Waals surface area contributed by atoms with Crippen molar-refractivity contribution in [2.75, 3.05) is 31.5 Å². The van der Waals surface area contributed by atoms with E-state index in [4.69, 9.17) is 0 Å². The van der Waals surface area contributed by atoms with Crippen LogP contribution in [0.5, 0.6) is 0 Å². The molecule has 6 heteroatoms. The smallest absolute Gasteiger partial charge is 0.248 e. The Labute approximate surface area is 155 Å². The van der Waals surface area contributed by atoms with Crippen LogP contribution in [-0.4, -0.2) is 59.0 Å². The third-order valence-electron chi connectivity index (χ3n) is 6.45. The van der Waals surface area contributed by atoms with Crippen LogP contribution < -0.4 is 10.9 Å². The van der Waals surface area contributed by atoms with Gasteiger partial charge in [0.25, 0.3) is 0 Å². The van der Waals surface area contributed by atoms with E-state index in [9.17, 15) is 9.59 Å². The fourth-order valence-corrected chi connectivity index (χ4v) is 4.54. The molecule has 0 spiro atoms. The van der Waals surface area contributed by atoms with E-state index in [1.54, 1.807) is 12.3 Å². The second-order valence-electron chi connectivity index (χ2n) is 8.08. The molecule has 1 amide bonds. The number of pyridine rings is 1. The second-order valence-corrected chi connectivity index (χ2v) is 8.08. The van der Waals surface area contributed by atoms with Gasteiger partial charge in [0.05, 0.1) is 5.69 Å². The summed E-state index contributed by atoms with van der Waals surface area (Å²) in [5.41, 5.74) is 0.869. The summed E-state index contributed by atoms with van der Waals surface area (Å²) in [6.07, 6.45) is 9.74. The average Bonchev–Trinajstić information content (AvgIpc) is 2.63. The third-order valence-corrected chi connectivity index (χ3v) is 6.45. The van der Waals surface area contributed by atoms with Crippen molar-refractivity contribution in [2.24, 2.45) is 5.92 Å². The number of nitrogens with zero attached hydrogens (tertiary/aromatic N) is 2. The number of amides is 1. The number of carbonyl (C=O) groups is 1. The maximum atomic E-state index is 12.9. The number of piperazine rings is 1. The zero-order chi connectivity index (χ0) is 17.9. The quantitative estimate of drug-likeness (QED) is 0.864. The molecule has 0 aromatic carbocycles. The molecular formula is C20H30N4O2. The molecule has 3 aliphatic rings. The van der Waals surface area contributed by atoms with Gasteiger partial charge in [0.15, 0.2) is 0 Å². The van der Waals surface area contributed by atoms with E-state index < -0.39 is 0 Å². The number of hydrogen-bond acceptors (Lipinski definition) is 4. The lowest BCUT2D eigenvalue weighted by atomic mass is 9.85. The van der Waals surface area contributed by atoms with E-state index in [0.717, 1.165) is 63.6 Å². The van der Waals surface area contributed by atoms with Crippen molar-refractivity contribution in [2.45, 2.75) is 57.0 Å². The van der Waals surface area contributed by atoms with Crippen LogP contribution in [0.25, 0.3) is 0 Å². The molecule has 0 bridgehead atoms. The van der Waals surface area contributed by atoms with Crippen molar-refractivity contribution < 1.29 is 4.79 Å². The molecule has 1 aliphatic heterocycles. The average molecular weight is 358 g/mol. The highest BCUT2D eigenvalue weighted by atomic mass is 16.2. The summed E-state index contributed by atoms with van der Waals surface area (Å²) in [6.45, 7) is 3.93. The highest BCUT2D eigenvalue weighted by Gasteiger charge is 2.33. The van der Waals surface area contributed by atoms with Crippen LogP contribution in [0.4, 0.5) is 5.69 Å². The topological polar surface area (TPSA) is 68.4 Å². The van der Waals surface area contributed by atoms with Crippen LogP contribution >= 0.6 is 0 Å². The highest BCUT2D eigenvalue weighted by Crippen LogP contribution is 2.29. The van der Waals surface area contributed by atoms with Gasteiger partial charge in [0.2, 0.25) is 11.5 Å². The number of nitrogens with one attached hydrogen (secondary N) is 2. The molecule has 26 heavy (non-hydrogen) atoms. The van der Waals surface area contributed by atoms with Gasteiger partial charge < -0.3 is 15.2 Å². The molecule has 2 heterocycles. The number of aromatic amines is 1. The maximum Gasteiger partial charge on any atom is 0.248 e. The van der Waals surface area contributed by atoms with Crippen molar-refractivity contribution in [1.82, 2.24) is 14.8 Å². The molecule has 4 rings (SSSR count). The van der Waals surface area contributed by atoms with E-state index in [1.165, 1.54) is 19.3 Å². The molecule has 1 saturated heterocycles. The molecule has 1 aromatic rings. The first-order chi connectivity index (χ1) is 12.7. The monoisotopic (exact) mass is 358 g/mol. The number of H-pyrrole nitrogens is 1. The number of anilines is 1. The van der Waals surface area contributed by atoms with Crippen molar-refractivity contribution in [3.63, 3.8) is 0 Å². The Morgan fingerprint density at radius 3 is 2.31 bits per heavy atom. The third kappa shape index (κ3) is 3.95. The van der Waals surface area contributed by atoms with Gasteiger partial charge in [0, 0.05) is 56.4 Å². The Hall–Kier alpha value is -1.82. The number of aromatic nitrogens is 1. The van der Waals surface area contributed by atoms with E-state index in [1.807, 2.05) is 6.07 Å². The Morgan fingerprint density at radius 1 is 1.00 bits per heavy atom. The summed E-state index contributed by atoms with van der Waals surface area (Å²) in [5.74, 6) is 0.569. The minimum Gasteiger partial charge on any atom is -0.381 e. The van der Waals surface area contributed by atoms with Gasteiger partial charge in [-0.2, -0.15) is 0 Å². The lowest BCUT2D eigenvalue weighted by molar-refractivity contribution is -0.139. The van der Waals surface area contributed by atoms with E-state index in [0.29, 0.717) is 11.9 Å². The zero-order valence-corrected chi connectivity index (χ0v) is 15.5. The number of rotatable bonds is 4. The molecule has 6 nitrogen and oxygen atoms in total. The summed E-state index contributed by atoms with van der Waals surface area (Å²) >= 11 is 0. The predicted octanol–water partition coefficient (Wildman–Crippen LogP) is 2.04. The van der Waals surface area contributed by atoms with Crippen molar-refractivity contribution in [3.05, 3.63) is 28.7 Å². The number of carbonyl (C=O) groups excluding carboxylic acids is 1. The lowest BCUT2D eigenvalue weighted by Crippen LogP contribution is -2.54. The van der Waals surface area contributed by atoms with Crippen LogP contribution in [0, 0.1) is 5.92 Å². The molecule has 3 fully saturated rings. The maximum absolute atomic E-state index is 12.9. The molecule has 2 N–H and O–H groups in total. The first-order valence-electron chi connectivity index (χ1n) is 10.2. The highest BCUT2D eigenvalue weighted by molar-refractivity contribution is 5.79. The molecule has 0 atom stereocenters. The normalized spacial score (nSPS) is 27.8. The Bertz CT molecular complexity index is 648. The van der Waals surface area contributed by atoms with Crippen LogP contribution in [0.2, 0.25) is 0 Å². The standard InChI is InChI=1S/C20H30N4O2/c25-19-9-8-17(14-21-19)22-16-6-4-15(5-7-16)20(26)24-12-10-23(11-13-24)18-2-1-3-18/h8-9,14-16,18,22H,1-7,10-13H2,(H,21,25). The molecule has 0 radical (unpaired) electrons. The largest absolute Gasteiger partial charge is 0.381 e. The second kappa shape index (κ2) is 7.82. The van der Waals surface area contributed by atoms with Crippen LogP contribution in [0.15, 0.2) is 23.1 Å². The Balaban J connectivity index is 1.22. The van der Waals surface area contributed by atoms with Crippen molar-refractivity contribution in [3.8, 4) is 0 Å². The SMILES string of the molecule is O=C(C1CCC(Nc2ccc(=O)[nH]c2)CC1)N1CCN(C2CCC2)CC1. The molecule has 2 saturated carbocycles. The summed E-state index contributed by atoms with van der Waals surface area (Å²) in [5, 5.41) is 3.48. The van der Waals surface area contributed by atoms with Gasteiger partial charge in [-0.15, -0.1) is 0 Å². The van der Waals surface area contributed by atoms with Gasteiger partial charge in [0.1, 0.15) is 0 Å². The predicted molar refractivity (Wildman–Crippen MR) is 102 cm³/mol. The lowest BCUT2D eigenvalue weighted by Gasteiger charge is -2.44. The molecule has 0 unspecified atom stereocenters. The summed E-state index contributed by atoms with van der Waals surface area (Å²) in [6, 6.07) is 4.54. The van der Waals surface area contributed by atoms with Crippen LogP contribution in [0.3, 0.4) is 0 Å². The fourth-order valence-electron chi connectivity index (χ4n) is 4.54. The van der Waals surface area contributed by atoms with Crippen molar-refractivity contribution >= 4 is 11.6 Å². The number of hydrogen-bond donors (Lipinski definition) is 2. The van der Waals surface area contributed by atoms with Gasteiger partial charge >= 0.3 is 0 Å². The summed E-state index contributed by atoms with van der Waals surface area (Å²) in [7, 11) is 0. The summed E-state index contributed by atoms with van der Waals surface area (Å²) < 4.78 is 0. The van der Waals surface area contributed by atoms with Crippen LogP contribution in [-0.2, 0) is 4.79 Å². The van der Waals surface area contributed by atoms with Gasteiger partial charge in [-0.25, -0.2) is 0 Å². The van der Waals surface area contributed by atoms with Crippen molar-refractivity contribution in [1.29, 1.82) is 0 Å². The summed E-state index contributed by atoms with van der Waals surface area (Å²) in [4.78, 5) is 31.4. The fraction of sp³-hybridized carbons (Fsp3) is 0.700. The van der Waals surface area contributed by atoms with Crippen LogP contribution in [0.1, 0.15) is 44.9 Å². The molecule has 1 aromatic heterocycles. The van der Waals surface area contributed by atoms with Gasteiger partial charge in [-0.3, -0.25) is 14.5 Å². The molecule has 142 valence electrons. The minimum atomic E-state index is -0.0812. The first kappa shape index (κ1) is 17.6.